The molecule has 0 unspecified atom stereocenters. The van der Waals surface area contributed by atoms with Crippen molar-refractivity contribution >= 4 is 5.97 Å². The van der Waals surface area contributed by atoms with Gasteiger partial charge in [-0.25, -0.2) is 0 Å². The normalized spacial score (nSPS) is 11.8. The van der Waals surface area contributed by atoms with E-state index in [2.05, 4.69) is 0 Å². The van der Waals surface area contributed by atoms with Crippen molar-refractivity contribution < 1.29 is 14.3 Å². The van der Waals surface area contributed by atoms with Crippen LogP contribution < -0.4 is 10.5 Å². The Morgan fingerprint density at radius 3 is 2.33 bits per heavy atom. The summed E-state index contributed by atoms with van der Waals surface area (Å²) >= 11 is 0. The lowest BCUT2D eigenvalue weighted by atomic mass is 9.99. The maximum absolute atomic E-state index is 11.6. The number of hydrogen-bond donors (Lipinski definition) is 1. The first-order valence-electron chi connectivity index (χ1n) is 8.20. The molecule has 0 aliphatic carbocycles. The van der Waals surface area contributed by atoms with Gasteiger partial charge < -0.3 is 15.2 Å². The summed E-state index contributed by atoms with van der Waals surface area (Å²) in [6, 6.07) is 13.6. The van der Waals surface area contributed by atoms with E-state index in [0.29, 0.717) is 13.2 Å². The van der Waals surface area contributed by atoms with E-state index in [1.807, 2.05) is 56.3 Å². The van der Waals surface area contributed by atoms with Crippen molar-refractivity contribution in [3.8, 4) is 5.75 Å². The Bertz CT molecular complexity index is 660. The minimum absolute atomic E-state index is 0.178. The van der Waals surface area contributed by atoms with Crippen molar-refractivity contribution in [2.45, 2.75) is 39.8 Å². The Balaban J connectivity index is 2.08. The van der Waals surface area contributed by atoms with Gasteiger partial charge >= 0.3 is 5.97 Å². The monoisotopic (exact) mass is 327 g/mol. The first kappa shape index (κ1) is 18.0. The highest BCUT2D eigenvalue weighted by Gasteiger charge is 2.15. The average Bonchev–Trinajstić information content (AvgIpc) is 2.55. The van der Waals surface area contributed by atoms with Crippen LogP contribution in [0.5, 0.6) is 5.75 Å². The maximum Gasteiger partial charge on any atom is 0.307 e. The Labute approximate surface area is 143 Å². The Morgan fingerprint density at radius 2 is 1.75 bits per heavy atom. The van der Waals surface area contributed by atoms with Gasteiger partial charge in [-0.3, -0.25) is 4.79 Å². The zero-order valence-corrected chi connectivity index (χ0v) is 14.5. The molecule has 128 valence electrons. The highest BCUT2D eigenvalue weighted by Crippen LogP contribution is 2.28. The minimum Gasteiger partial charge on any atom is -0.488 e. The van der Waals surface area contributed by atoms with Crippen LogP contribution in [0.25, 0.3) is 0 Å². The summed E-state index contributed by atoms with van der Waals surface area (Å²) < 4.78 is 10.9. The molecule has 1 atom stereocenters. The predicted molar refractivity (Wildman–Crippen MR) is 94.9 cm³/mol. The Hall–Kier alpha value is -2.33. The lowest BCUT2D eigenvalue weighted by Gasteiger charge is -2.17. The Kier molecular flexibility index (Phi) is 6.38. The first-order chi connectivity index (χ1) is 11.5. The molecule has 0 saturated carbocycles. The van der Waals surface area contributed by atoms with Crippen molar-refractivity contribution in [1.29, 1.82) is 0 Å². The van der Waals surface area contributed by atoms with Crippen molar-refractivity contribution in [3.63, 3.8) is 0 Å². The molecule has 0 spiro atoms. The minimum atomic E-state index is -0.371. The lowest BCUT2D eigenvalue weighted by Crippen LogP contribution is -2.17. The van der Waals surface area contributed by atoms with Gasteiger partial charge in [-0.15, -0.1) is 0 Å². The number of aryl methyl sites for hydroxylation is 2. The molecule has 2 aromatic carbocycles. The molecule has 2 aromatic rings. The van der Waals surface area contributed by atoms with Gasteiger partial charge in [0.15, 0.2) is 0 Å². The fourth-order valence-electron chi connectivity index (χ4n) is 2.67. The van der Waals surface area contributed by atoms with Crippen molar-refractivity contribution in [2.24, 2.45) is 5.73 Å². The van der Waals surface area contributed by atoms with Crippen LogP contribution in [0.3, 0.4) is 0 Å². The summed E-state index contributed by atoms with van der Waals surface area (Å²) in [5.74, 6) is 0.593. The molecule has 2 rings (SSSR count). The topological polar surface area (TPSA) is 61.5 Å². The van der Waals surface area contributed by atoms with Crippen LogP contribution in [0.4, 0.5) is 0 Å². The van der Waals surface area contributed by atoms with E-state index in [9.17, 15) is 4.79 Å². The number of esters is 1. The summed E-state index contributed by atoms with van der Waals surface area (Å²) in [6.07, 6.45) is 0.178. The van der Waals surface area contributed by atoms with Crippen LogP contribution >= 0.6 is 0 Å². The summed E-state index contributed by atoms with van der Waals surface area (Å²) in [5, 5.41) is 0. The maximum atomic E-state index is 11.6. The fraction of sp³-hybridized carbons (Fsp3) is 0.350. The molecule has 0 aromatic heterocycles. The summed E-state index contributed by atoms with van der Waals surface area (Å²) in [6.45, 7) is 6.67. The molecule has 0 amide bonds. The lowest BCUT2D eigenvalue weighted by molar-refractivity contribution is -0.143. The molecular weight excluding hydrogens is 302 g/mol. The van der Waals surface area contributed by atoms with Crippen LogP contribution in [0, 0.1) is 13.8 Å². The highest BCUT2D eigenvalue weighted by atomic mass is 16.5. The molecule has 4 heteroatoms. The number of ether oxygens (including phenoxy) is 2. The van der Waals surface area contributed by atoms with Crippen molar-refractivity contribution in [2.75, 3.05) is 6.61 Å². The number of benzene rings is 2. The second-order valence-corrected chi connectivity index (χ2v) is 5.87. The molecule has 0 bridgehead atoms. The largest absolute Gasteiger partial charge is 0.488 e. The van der Waals surface area contributed by atoms with E-state index in [1.54, 1.807) is 6.92 Å². The third kappa shape index (κ3) is 4.83. The van der Waals surface area contributed by atoms with Gasteiger partial charge in [-0.05, 0) is 43.0 Å². The van der Waals surface area contributed by atoms with Gasteiger partial charge in [-0.1, -0.05) is 42.5 Å². The van der Waals surface area contributed by atoms with E-state index < -0.39 is 0 Å². The summed E-state index contributed by atoms with van der Waals surface area (Å²) in [5.41, 5.74) is 10.2. The Morgan fingerprint density at radius 1 is 1.12 bits per heavy atom. The molecule has 0 aliphatic rings. The number of carbonyl (C=O) groups excluding carboxylic acids is 1. The molecule has 0 radical (unpaired) electrons. The van der Waals surface area contributed by atoms with Crippen molar-refractivity contribution in [3.05, 3.63) is 64.7 Å². The number of hydrogen-bond acceptors (Lipinski definition) is 4. The summed E-state index contributed by atoms with van der Waals surface area (Å²) in [7, 11) is 0. The van der Waals surface area contributed by atoms with Gasteiger partial charge in [0, 0.05) is 6.04 Å². The van der Waals surface area contributed by atoms with E-state index in [4.69, 9.17) is 15.2 Å². The summed E-state index contributed by atoms with van der Waals surface area (Å²) in [4.78, 5) is 11.6. The molecule has 2 N–H and O–H groups in total. The van der Waals surface area contributed by atoms with Gasteiger partial charge in [0.05, 0.1) is 13.0 Å². The van der Waals surface area contributed by atoms with Crippen LogP contribution in [-0.2, 0) is 16.1 Å². The third-order valence-corrected chi connectivity index (χ3v) is 3.83. The third-order valence-electron chi connectivity index (χ3n) is 3.83. The molecular formula is C20H25NO3. The molecule has 0 aliphatic heterocycles. The fourth-order valence-corrected chi connectivity index (χ4v) is 2.67. The molecule has 0 fully saturated rings. The highest BCUT2D eigenvalue weighted by molar-refractivity contribution is 5.70. The van der Waals surface area contributed by atoms with Gasteiger partial charge in [-0.2, -0.15) is 0 Å². The molecule has 24 heavy (non-hydrogen) atoms. The van der Waals surface area contributed by atoms with Crippen LogP contribution in [0.1, 0.15) is 41.6 Å². The van der Waals surface area contributed by atoms with E-state index in [0.717, 1.165) is 28.0 Å². The van der Waals surface area contributed by atoms with Gasteiger partial charge in [0.25, 0.3) is 0 Å². The zero-order valence-electron chi connectivity index (χ0n) is 14.5. The SMILES string of the molecule is CCOC(=O)C[C@@H](N)c1cc(C)c(OCc2ccccc2)c(C)c1. The predicted octanol–water partition coefficient (Wildman–Crippen LogP) is 3.84. The molecule has 0 heterocycles. The van der Waals surface area contributed by atoms with Crippen LogP contribution in [-0.4, -0.2) is 12.6 Å². The average molecular weight is 327 g/mol. The van der Waals surface area contributed by atoms with Crippen LogP contribution in [0.2, 0.25) is 0 Å². The first-order valence-corrected chi connectivity index (χ1v) is 8.20. The van der Waals surface area contributed by atoms with Crippen molar-refractivity contribution in [1.82, 2.24) is 0 Å². The van der Waals surface area contributed by atoms with Crippen LogP contribution in [0.15, 0.2) is 42.5 Å². The zero-order chi connectivity index (χ0) is 17.5. The smallest absolute Gasteiger partial charge is 0.307 e. The standard InChI is InChI=1S/C20H25NO3/c1-4-23-19(22)12-18(21)17-10-14(2)20(15(3)11-17)24-13-16-8-6-5-7-9-16/h5-11,18H,4,12-13,21H2,1-3H3/t18-/m1/s1. The van der Waals surface area contributed by atoms with Gasteiger partial charge in [0.2, 0.25) is 0 Å². The number of rotatable bonds is 7. The quantitative estimate of drug-likeness (QED) is 0.785. The van der Waals surface area contributed by atoms with Gasteiger partial charge in [0.1, 0.15) is 12.4 Å². The number of nitrogens with two attached hydrogens (primary N) is 1. The van der Waals surface area contributed by atoms with E-state index in [-0.39, 0.29) is 18.4 Å². The van der Waals surface area contributed by atoms with E-state index in [1.165, 1.54) is 0 Å². The number of carbonyl (C=O) groups is 1. The second kappa shape index (κ2) is 8.50. The molecule has 4 nitrogen and oxygen atoms in total. The molecule has 0 saturated heterocycles. The van der Waals surface area contributed by atoms with E-state index >= 15 is 0 Å². The second-order valence-electron chi connectivity index (χ2n) is 5.87.